The zero-order chi connectivity index (χ0) is 20.5. The Bertz CT molecular complexity index is 1180. The minimum Gasteiger partial charge on any atom is -0.391 e. The Morgan fingerprint density at radius 2 is 1.87 bits per heavy atom. The molecule has 0 saturated carbocycles. The molecule has 0 spiro atoms. The second kappa shape index (κ2) is 9.06. The van der Waals surface area contributed by atoms with Crippen LogP contribution in [0.3, 0.4) is 0 Å². The summed E-state index contributed by atoms with van der Waals surface area (Å²) < 4.78 is 5.51. The maximum atomic E-state index is 9.82. The van der Waals surface area contributed by atoms with Gasteiger partial charge in [0.25, 0.3) is 0 Å². The molecule has 2 atom stereocenters. The van der Waals surface area contributed by atoms with E-state index in [0.29, 0.717) is 13.0 Å². The highest BCUT2D eigenvalue weighted by molar-refractivity contribution is 5.92. The Morgan fingerprint density at radius 3 is 2.71 bits per heavy atom. The monoisotopic (exact) mass is 436 g/mol. The molecule has 160 valence electrons. The van der Waals surface area contributed by atoms with Crippen molar-refractivity contribution >= 4 is 29.2 Å². The molecule has 0 aliphatic carbocycles. The van der Waals surface area contributed by atoms with Crippen LogP contribution in [-0.2, 0) is 6.42 Å². The average Bonchev–Trinajstić information content (AvgIpc) is 3.40. The van der Waals surface area contributed by atoms with Crippen LogP contribution in [0.15, 0.2) is 71.3 Å². The molecular weight excluding hydrogens is 412 g/mol. The van der Waals surface area contributed by atoms with Crippen LogP contribution in [-0.4, -0.2) is 34.4 Å². The number of hydrogen-bond acceptors (Lipinski definition) is 6. The van der Waals surface area contributed by atoms with Crippen molar-refractivity contribution in [1.29, 1.82) is 0 Å². The number of aromatic nitrogens is 2. The van der Waals surface area contributed by atoms with Crippen molar-refractivity contribution in [3.8, 4) is 11.3 Å². The molecule has 2 aromatic carbocycles. The number of hydrogen-bond donors (Lipinski definition) is 2. The predicted octanol–water partition coefficient (Wildman–Crippen LogP) is 4.13. The van der Waals surface area contributed by atoms with Crippen LogP contribution in [0.2, 0.25) is 0 Å². The predicted molar refractivity (Wildman–Crippen MR) is 124 cm³/mol. The molecule has 4 aromatic rings. The summed E-state index contributed by atoms with van der Waals surface area (Å²) in [7, 11) is 0. The first-order valence-electron chi connectivity index (χ1n) is 10.3. The summed E-state index contributed by atoms with van der Waals surface area (Å²) in [6.45, 7) is 1.45. The van der Waals surface area contributed by atoms with Crippen LogP contribution in [0.5, 0.6) is 0 Å². The Kier molecular flexibility index (Phi) is 6.23. The zero-order valence-electron chi connectivity index (χ0n) is 17.0. The summed E-state index contributed by atoms with van der Waals surface area (Å²) in [6.07, 6.45) is 1.11. The number of anilines is 1. The minimum atomic E-state index is -0.276. The number of rotatable bonds is 5. The zero-order valence-corrected chi connectivity index (χ0v) is 17.8. The van der Waals surface area contributed by atoms with Gasteiger partial charge in [0.05, 0.1) is 6.10 Å². The van der Waals surface area contributed by atoms with E-state index < -0.39 is 0 Å². The summed E-state index contributed by atoms with van der Waals surface area (Å²) in [5.41, 5.74) is 11.1. The van der Waals surface area contributed by atoms with Gasteiger partial charge in [-0.2, -0.15) is 0 Å². The van der Waals surface area contributed by atoms with E-state index in [4.69, 9.17) is 15.2 Å². The van der Waals surface area contributed by atoms with Gasteiger partial charge < -0.3 is 20.3 Å². The molecule has 1 aliphatic rings. The maximum Gasteiger partial charge on any atom is 0.167 e. The molecule has 2 aromatic heterocycles. The topological polar surface area (TPSA) is 88.4 Å². The fraction of sp³-hybridized carbons (Fsp3) is 0.250. The standard InChI is InChI=1S/C24H24N4O2.ClH/c25-21(14-16-6-5-11-23(26-16)28-13-12-17(29)15-28)18-7-1-2-8-19(18)24-20-9-3-4-10-22(20)30-27-24;/h1-11,17,21,29H,12-15,25H2;1H. The minimum absolute atomic E-state index is 0. The van der Waals surface area contributed by atoms with Crippen molar-refractivity contribution in [2.24, 2.45) is 5.73 Å². The molecule has 6 nitrogen and oxygen atoms in total. The Balaban J connectivity index is 0.00000231. The van der Waals surface area contributed by atoms with Crippen LogP contribution < -0.4 is 10.6 Å². The van der Waals surface area contributed by atoms with E-state index in [9.17, 15) is 5.11 Å². The van der Waals surface area contributed by atoms with E-state index in [1.165, 1.54) is 0 Å². The lowest BCUT2D eigenvalue weighted by Gasteiger charge is -2.19. The molecule has 0 amide bonds. The highest BCUT2D eigenvalue weighted by Gasteiger charge is 2.22. The number of aliphatic hydroxyl groups is 1. The third-order valence-electron chi connectivity index (χ3n) is 5.70. The molecule has 3 heterocycles. The number of nitrogens with two attached hydrogens (primary N) is 1. The number of benzene rings is 2. The highest BCUT2D eigenvalue weighted by Crippen LogP contribution is 2.33. The fourth-order valence-electron chi connectivity index (χ4n) is 4.16. The molecule has 3 N–H and O–H groups in total. The lowest BCUT2D eigenvalue weighted by atomic mass is 9.94. The van der Waals surface area contributed by atoms with Gasteiger partial charge in [0.1, 0.15) is 11.5 Å². The lowest BCUT2D eigenvalue weighted by Crippen LogP contribution is -2.23. The molecule has 1 aliphatic heterocycles. The quantitative estimate of drug-likeness (QED) is 0.489. The summed E-state index contributed by atoms with van der Waals surface area (Å²) in [4.78, 5) is 6.92. The molecule has 0 radical (unpaired) electrons. The first kappa shape index (κ1) is 21.3. The van der Waals surface area contributed by atoms with Crippen molar-refractivity contribution in [2.75, 3.05) is 18.0 Å². The van der Waals surface area contributed by atoms with Crippen molar-refractivity contribution in [3.63, 3.8) is 0 Å². The van der Waals surface area contributed by atoms with E-state index in [1.54, 1.807) is 0 Å². The van der Waals surface area contributed by atoms with Gasteiger partial charge in [-0.1, -0.05) is 47.6 Å². The number of pyridine rings is 1. The van der Waals surface area contributed by atoms with Crippen LogP contribution in [0.1, 0.15) is 23.7 Å². The van der Waals surface area contributed by atoms with Crippen molar-refractivity contribution in [3.05, 3.63) is 78.0 Å². The summed E-state index contributed by atoms with van der Waals surface area (Å²) in [6, 6.07) is 21.7. The third-order valence-corrected chi connectivity index (χ3v) is 5.70. The Hall–Kier alpha value is -2.93. The van der Waals surface area contributed by atoms with Gasteiger partial charge in [0.15, 0.2) is 5.58 Å². The van der Waals surface area contributed by atoms with E-state index in [1.807, 2.05) is 66.7 Å². The number of nitrogens with zero attached hydrogens (tertiary/aromatic N) is 3. The molecule has 7 heteroatoms. The molecule has 5 rings (SSSR count). The van der Waals surface area contributed by atoms with Gasteiger partial charge in [-0.25, -0.2) is 4.98 Å². The molecule has 0 bridgehead atoms. The van der Waals surface area contributed by atoms with Gasteiger partial charge >= 0.3 is 0 Å². The van der Waals surface area contributed by atoms with Crippen LogP contribution in [0.25, 0.3) is 22.2 Å². The fourth-order valence-corrected chi connectivity index (χ4v) is 4.16. The first-order chi connectivity index (χ1) is 14.7. The Morgan fingerprint density at radius 1 is 1.06 bits per heavy atom. The SMILES string of the molecule is Cl.NC(Cc1cccc(N2CCC(O)C2)n1)c1ccccc1-c1noc2ccccc12. The second-order valence-electron chi connectivity index (χ2n) is 7.80. The number of β-amino-alcohol motifs (C(OH)–C–C–N with tert-alkyl or cyclic N) is 1. The van der Waals surface area contributed by atoms with Gasteiger partial charge in [0.2, 0.25) is 0 Å². The molecule has 1 saturated heterocycles. The number of halogens is 1. The van der Waals surface area contributed by atoms with Crippen molar-refractivity contribution < 1.29 is 9.63 Å². The molecule has 1 fully saturated rings. The van der Waals surface area contributed by atoms with E-state index >= 15 is 0 Å². The lowest BCUT2D eigenvalue weighted by molar-refractivity contribution is 0.198. The number of para-hydroxylation sites is 1. The van der Waals surface area contributed by atoms with Crippen LogP contribution in [0, 0.1) is 0 Å². The van der Waals surface area contributed by atoms with E-state index in [0.717, 1.165) is 52.3 Å². The summed E-state index contributed by atoms with van der Waals surface area (Å²) in [5.74, 6) is 0.895. The summed E-state index contributed by atoms with van der Waals surface area (Å²) >= 11 is 0. The van der Waals surface area contributed by atoms with Crippen LogP contribution in [0.4, 0.5) is 5.82 Å². The molecule has 2 unspecified atom stereocenters. The Labute approximate surface area is 187 Å². The molecule has 31 heavy (non-hydrogen) atoms. The van der Waals surface area contributed by atoms with Gasteiger partial charge in [-0.05, 0) is 36.2 Å². The molecular formula is C24H25ClN4O2. The van der Waals surface area contributed by atoms with Gasteiger partial charge in [0, 0.05) is 42.2 Å². The highest BCUT2D eigenvalue weighted by atomic mass is 35.5. The van der Waals surface area contributed by atoms with E-state index in [2.05, 4.69) is 10.1 Å². The van der Waals surface area contributed by atoms with Gasteiger partial charge in [-0.3, -0.25) is 0 Å². The normalized spacial score (nSPS) is 17.0. The third kappa shape index (κ3) is 4.28. The van der Waals surface area contributed by atoms with Crippen molar-refractivity contribution in [1.82, 2.24) is 10.1 Å². The number of fused-ring (bicyclic) bond motifs is 1. The van der Waals surface area contributed by atoms with Crippen LogP contribution >= 0.6 is 12.4 Å². The first-order valence-corrected chi connectivity index (χ1v) is 10.3. The van der Waals surface area contributed by atoms with Crippen molar-refractivity contribution in [2.45, 2.75) is 25.0 Å². The largest absolute Gasteiger partial charge is 0.391 e. The maximum absolute atomic E-state index is 9.82. The number of aliphatic hydroxyl groups excluding tert-OH is 1. The smallest absolute Gasteiger partial charge is 0.167 e. The second-order valence-corrected chi connectivity index (χ2v) is 7.80. The average molecular weight is 437 g/mol. The summed E-state index contributed by atoms with van der Waals surface area (Å²) in [5, 5.41) is 15.1. The van der Waals surface area contributed by atoms with Gasteiger partial charge in [-0.15, -0.1) is 12.4 Å². The van der Waals surface area contributed by atoms with E-state index in [-0.39, 0.29) is 24.6 Å².